The Kier molecular flexibility index (Phi) is 10.3. The Morgan fingerprint density at radius 3 is 1.71 bits per heavy atom. The van der Waals surface area contributed by atoms with Crippen LogP contribution < -0.4 is 0 Å². The van der Waals surface area contributed by atoms with Crippen LogP contribution in [0.5, 0.6) is 0 Å². The molecular weight excluding hydrogens is 202 g/mol. The van der Waals surface area contributed by atoms with Gasteiger partial charge in [-0.3, -0.25) is 4.79 Å². The molecule has 0 rings (SSSR count). The van der Waals surface area contributed by atoms with Crippen molar-refractivity contribution in [1.82, 2.24) is 0 Å². The maximum atomic E-state index is 10.2. The van der Waals surface area contributed by atoms with E-state index in [9.17, 15) is 9.59 Å². The summed E-state index contributed by atoms with van der Waals surface area (Å²) in [5, 5.41) is 15.8. The first kappa shape index (κ1) is 15.9. The van der Waals surface area contributed by atoms with Crippen LogP contribution in [0, 0.1) is 0 Å². The fourth-order valence-electron chi connectivity index (χ4n) is 0.509. The molecule has 0 amide bonds. The van der Waals surface area contributed by atoms with Crippen molar-refractivity contribution >= 4 is 49.9 Å². The molecule has 6 nitrogen and oxygen atoms in total. The third kappa shape index (κ3) is 14.0. The first-order valence-corrected chi connectivity index (χ1v) is 5.32. The van der Waals surface area contributed by atoms with Crippen LogP contribution in [-0.4, -0.2) is 66.1 Å². The van der Waals surface area contributed by atoms with E-state index in [1.807, 2.05) is 0 Å². The molecule has 0 saturated carbocycles. The molecule has 0 spiro atoms. The number of esters is 1. The van der Waals surface area contributed by atoms with Gasteiger partial charge in [-0.05, 0) is 0 Å². The summed E-state index contributed by atoms with van der Waals surface area (Å²) >= 11 is 0.717. The van der Waals surface area contributed by atoms with Crippen molar-refractivity contribution in [3.63, 3.8) is 0 Å². The average Bonchev–Trinajstić information content (AvgIpc) is 1.98. The summed E-state index contributed by atoms with van der Waals surface area (Å²) in [6.07, 6.45) is 0. The molecule has 0 fully saturated rings. The van der Waals surface area contributed by atoms with Crippen LogP contribution in [0.25, 0.3) is 0 Å². The summed E-state index contributed by atoms with van der Waals surface area (Å²) in [6, 6.07) is -0.927. The van der Waals surface area contributed by atoms with Crippen molar-refractivity contribution in [3.05, 3.63) is 0 Å². The number of hydrogen-bond acceptors (Lipinski definition) is 4. The Morgan fingerprint density at radius 1 is 1.29 bits per heavy atom. The number of rotatable bonds is 3. The van der Waals surface area contributed by atoms with E-state index < -0.39 is 23.9 Å². The predicted molar refractivity (Wildman–Crippen MR) is 49.4 cm³/mol. The Labute approximate surface area is 98.9 Å². The van der Waals surface area contributed by atoms with E-state index in [0.29, 0.717) is 4.33 Å². The number of carbonyl (C=O) groups is 3. The van der Waals surface area contributed by atoms with Gasteiger partial charge in [0.25, 0.3) is 5.97 Å². The molecule has 0 aromatic heterocycles. The van der Waals surface area contributed by atoms with Gasteiger partial charge in [-0.15, -0.1) is 0 Å². The number of carboxylic acids is 2. The number of hydrogen-bond donors (Lipinski definition) is 2. The monoisotopic (exact) mass is 212 g/mol. The van der Waals surface area contributed by atoms with Crippen molar-refractivity contribution < 1.29 is 29.3 Å². The molecule has 0 saturated heterocycles. The van der Waals surface area contributed by atoms with Crippen LogP contribution in [0.2, 0.25) is 0 Å². The van der Waals surface area contributed by atoms with Crippen molar-refractivity contribution in [2.75, 3.05) is 0 Å². The van der Waals surface area contributed by atoms with Gasteiger partial charge in [0.1, 0.15) is 0 Å². The summed E-state index contributed by atoms with van der Waals surface area (Å²) in [5.41, 5.74) is 0. The third-order valence-corrected chi connectivity index (χ3v) is 1.70. The van der Waals surface area contributed by atoms with Crippen molar-refractivity contribution in [1.29, 1.82) is 0 Å². The molecule has 8 heteroatoms. The summed E-state index contributed by atoms with van der Waals surface area (Å²) < 4.78 is 4.90. The van der Waals surface area contributed by atoms with Gasteiger partial charge in [-0.25, -0.2) is 0 Å². The zero-order valence-electron chi connectivity index (χ0n) is 8.31. The molecule has 0 aliphatic heterocycles. The van der Waals surface area contributed by atoms with Gasteiger partial charge < -0.3 is 5.11 Å². The molecule has 0 aromatic carbocycles. The van der Waals surface area contributed by atoms with E-state index in [0.717, 1.165) is 34.6 Å². The van der Waals surface area contributed by atoms with E-state index in [2.05, 4.69) is 4.74 Å². The zero-order chi connectivity index (χ0) is 11.7. The Morgan fingerprint density at radius 2 is 1.64 bits per heavy atom. The molecule has 0 aliphatic rings. The van der Waals surface area contributed by atoms with Crippen molar-refractivity contribution in [3.8, 4) is 0 Å². The number of carbonyl (C=O) groups excluding carboxylic acids is 1. The zero-order valence-corrected chi connectivity index (χ0v) is 10.3. The van der Waals surface area contributed by atoms with Crippen molar-refractivity contribution in [2.24, 2.45) is 0 Å². The van der Waals surface area contributed by atoms with Crippen LogP contribution in [0.1, 0.15) is 13.8 Å². The van der Waals surface area contributed by atoms with Gasteiger partial charge in [0.05, 0.1) is 0 Å². The molecule has 14 heavy (non-hydrogen) atoms. The Hall–Kier alpha value is -0.525. The molecule has 0 aromatic rings. The van der Waals surface area contributed by atoms with Gasteiger partial charge >= 0.3 is 76.3 Å². The second kappa shape index (κ2) is 9.05. The fraction of sp³-hybridized carbons (Fsp3) is 0.500. The van der Waals surface area contributed by atoms with Gasteiger partial charge in [-0.1, -0.05) is 0 Å². The molecule has 0 radical (unpaired) electrons. The molecule has 0 aliphatic carbocycles. The summed E-state index contributed by atoms with van der Waals surface area (Å²) in [4.78, 5) is 29.5. The van der Waals surface area contributed by atoms with E-state index in [-0.39, 0.29) is 0 Å². The van der Waals surface area contributed by atoms with Crippen LogP contribution in [0.4, 0.5) is 0 Å². The second-order valence-corrected chi connectivity index (χ2v) is 3.18. The van der Waals surface area contributed by atoms with Gasteiger partial charge in [0.2, 0.25) is 0 Å². The van der Waals surface area contributed by atoms with Crippen molar-refractivity contribution in [2.45, 2.75) is 19.9 Å². The number of carboxylic acid groups (broad SMARTS) is 2. The fourth-order valence-corrected chi connectivity index (χ4v) is 1.02. The normalized spacial score (nSPS) is 10.3. The Balaban J connectivity index is 0. The topological polar surface area (TPSA) is 101 Å². The number of ether oxygens (including phenoxy) is 1. The molecular formula is C6H10BNaO6. The van der Waals surface area contributed by atoms with E-state index in [1.165, 1.54) is 6.92 Å². The van der Waals surface area contributed by atoms with Crippen LogP contribution in [0.3, 0.4) is 0 Å². The van der Waals surface area contributed by atoms with Crippen LogP contribution in [0.15, 0.2) is 0 Å². The minimum atomic E-state index is -1.06. The molecule has 2 N–H and O–H groups in total. The quantitative estimate of drug-likeness (QED) is 0.439. The van der Waals surface area contributed by atoms with Gasteiger partial charge in [0, 0.05) is 6.92 Å². The van der Waals surface area contributed by atoms with E-state index >= 15 is 0 Å². The molecule has 74 valence electrons. The standard InChI is InChI=1S/C4H5BO4.C2H4O2.Na/c1-2(6)9-3(5)4(7)8;1-2(3)4;/h3,5H,1H3;1H3,(H,3,4);/q;;-1/p+1. The molecule has 1 atom stereocenters. The Bertz CT molecular complexity index is 214. The SMILES string of the molecule is CC(=O)O.CC(=O)OC([BH][Na])C(=O)O. The summed E-state index contributed by atoms with van der Waals surface area (Å²) in [6.45, 7) is 2.28. The summed E-state index contributed by atoms with van der Waals surface area (Å²) in [5.74, 6) is -2.44. The first-order chi connectivity index (χ1) is 6.31. The summed E-state index contributed by atoms with van der Waals surface area (Å²) in [7, 11) is 0. The second-order valence-electron chi connectivity index (χ2n) is 2.36. The average molecular weight is 212 g/mol. The predicted octanol–water partition coefficient (Wildman–Crippen LogP) is -1.43. The van der Waals surface area contributed by atoms with Gasteiger partial charge in [0.15, 0.2) is 0 Å². The van der Waals surface area contributed by atoms with E-state index in [4.69, 9.17) is 15.0 Å². The molecule has 0 bridgehead atoms. The van der Waals surface area contributed by atoms with Crippen LogP contribution in [-0.2, 0) is 19.1 Å². The van der Waals surface area contributed by atoms with Gasteiger partial charge in [-0.2, -0.15) is 0 Å². The minimum absolute atomic E-state index is 0.439. The van der Waals surface area contributed by atoms with Crippen LogP contribution >= 0.6 is 0 Å². The van der Waals surface area contributed by atoms with E-state index in [1.54, 1.807) is 0 Å². The molecule has 0 heterocycles. The first-order valence-electron chi connectivity index (χ1n) is 3.90. The number of aliphatic carboxylic acids is 2. The molecule has 1 unspecified atom stereocenters. The maximum absolute atomic E-state index is 10.2. The third-order valence-electron chi connectivity index (χ3n) is 0.954.